The Bertz CT molecular complexity index is 204. The van der Waals surface area contributed by atoms with Gasteiger partial charge in [-0.15, -0.1) is 0 Å². The minimum Gasteiger partial charge on any atom is -0.236 e. The first kappa shape index (κ1) is 17.9. The molecule has 0 radical (unpaired) electrons. The molecule has 0 saturated carbocycles. The minimum absolute atomic E-state index is 0.207. The van der Waals surface area contributed by atoms with Gasteiger partial charge >= 0.3 is 0 Å². The largest absolute Gasteiger partial charge is 0.236 e. The molecule has 18 heavy (non-hydrogen) atoms. The van der Waals surface area contributed by atoms with Gasteiger partial charge in [-0.25, -0.2) is 9.78 Å². The Morgan fingerprint density at radius 1 is 1.00 bits per heavy atom. The SMILES string of the molecule is CCCCC(CC)COOC(C)(C)CC(C)(C)C. The molecule has 110 valence electrons. The lowest BCUT2D eigenvalue weighted by Crippen LogP contribution is -2.31. The fraction of sp³-hybridized carbons (Fsp3) is 1.00. The van der Waals surface area contributed by atoms with Crippen LogP contribution in [0.1, 0.15) is 80.6 Å². The van der Waals surface area contributed by atoms with Crippen LogP contribution in [0.2, 0.25) is 0 Å². The summed E-state index contributed by atoms with van der Waals surface area (Å²) in [6.07, 6.45) is 5.95. The molecule has 0 fully saturated rings. The lowest BCUT2D eigenvalue weighted by molar-refractivity contribution is -0.362. The van der Waals surface area contributed by atoms with E-state index in [0.717, 1.165) is 13.0 Å². The molecule has 0 aliphatic carbocycles. The van der Waals surface area contributed by atoms with Crippen molar-refractivity contribution in [2.75, 3.05) is 6.61 Å². The topological polar surface area (TPSA) is 18.5 Å². The maximum atomic E-state index is 5.62. The number of rotatable bonds is 9. The van der Waals surface area contributed by atoms with Gasteiger partial charge in [0, 0.05) is 0 Å². The average molecular weight is 258 g/mol. The van der Waals surface area contributed by atoms with Crippen LogP contribution in [0.5, 0.6) is 0 Å². The van der Waals surface area contributed by atoms with Crippen LogP contribution in [0.15, 0.2) is 0 Å². The zero-order chi connectivity index (χ0) is 14.2. The molecule has 0 amide bonds. The number of unbranched alkanes of at least 4 members (excludes halogenated alkanes) is 1. The maximum absolute atomic E-state index is 5.62. The molecule has 0 aromatic heterocycles. The van der Waals surface area contributed by atoms with Gasteiger partial charge in [0.1, 0.15) is 0 Å². The third-order valence-corrected chi connectivity index (χ3v) is 3.09. The standard InChI is InChI=1S/C16H34O2/c1-8-10-11-14(9-2)12-17-18-16(6,7)13-15(3,4)5/h14H,8-13H2,1-7H3. The second kappa shape index (κ2) is 8.16. The van der Waals surface area contributed by atoms with Crippen molar-refractivity contribution in [3.05, 3.63) is 0 Å². The molecule has 0 aliphatic heterocycles. The highest BCUT2D eigenvalue weighted by Gasteiger charge is 2.27. The van der Waals surface area contributed by atoms with Crippen molar-refractivity contribution in [1.29, 1.82) is 0 Å². The second-order valence-electron chi connectivity index (χ2n) is 7.28. The van der Waals surface area contributed by atoms with Crippen LogP contribution in [-0.4, -0.2) is 12.2 Å². The molecule has 0 N–H and O–H groups in total. The quantitative estimate of drug-likeness (QED) is 0.409. The molecule has 2 heteroatoms. The summed E-state index contributed by atoms with van der Waals surface area (Å²) in [5.74, 6) is 0.635. The lowest BCUT2D eigenvalue weighted by atomic mass is 9.84. The first-order chi connectivity index (χ1) is 8.20. The van der Waals surface area contributed by atoms with Gasteiger partial charge in [0.05, 0.1) is 12.2 Å². The Balaban J connectivity index is 3.93. The highest BCUT2D eigenvalue weighted by Crippen LogP contribution is 2.29. The normalized spacial score (nSPS) is 14.8. The second-order valence-corrected chi connectivity index (χ2v) is 7.28. The molecule has 0 saturated heterocycles. The van der Waals surface area contributed by atoms with Crippen molar-refractivity contribution in [3.63, 3.8) is 0 Å². The van der Waals surface area contributed by atoms with Crippen molar-refractivity contribution < 1.29 is 9.78 Å². The third kappa shape index (κ3) is 9.90. The van der Waals surface area contributed by atoms with Gasteiger partial charge in [0.25, 0.3) is 0 Å². The molecular weight excluding hydrogens is 224 g/mol. The Kier molecular flexibility index (Phi) is 8.13. The van der Waals surface area contributed by atoms with E-state index in [1.165, 1.54) is 25.7 Å². The van der Waals surface area contributed by atoms with E-state index >= 15 is 0 Å². The van der Waals surface area contributed by atoms with Crippen molar-refractivity contribution in [1.82, 2.24) is 0 Å². The molecule has 0 aromatic carbocycles. The van der Waals surface area contributed by atoms with Gasteiger partial charge < -0.3 is 0 Å². The maximum Gasteiger partial charge on any atom is 0.0985 e. The van der Waals surface area contributed by atoms with Gasteiger partial charge in [0.15, 0.2) is 0 Å². The Labute approximate surface area is 114 Å². The highest BCUT2D eigenvalue weighted by atomic mass is 17.2. The first-order valence-corrected chi connectivity index (χ1v) is 7.51. The fourth-order valence-electron chi connectivity index (χ4n) is 2.49. The molecule has 0 aliphatic rings. The Morgan fingerprint density at radius 2 is 1.61 bits per heavy atom. The highest BCUT2D eigenvalue weighted by molar-refractivity contribution is 4.75. The van der Waals surface area contributed by atoms with Crippen LogP contribution >= 0.6 is 0 Å². The van der Waals surface area contributed by atoms with E-state index in [1.807, 2.05) is 0 Å². The summed E-state index contributed by atoms with van der Waals surface area (Å²) in [6, 6.07) is 0. The van der Waals surface area contributed by atoms with E-state index in [9.17, 15) is 0 Å². The van der Waals surface area contributed by atoms with E-state index in [1.54, 1.807) is 0 Å². The number of hydrogen-bond donors (Lipinski definition) is 0. The molecule has 0 rings (SSSR count). The minimum atomic E-state index is -0.207. The fourth-order valence-corrected chi connectivity index (χ4v) is 2.49. The van der Waals surface area contributed by atoms with Crippen LogP contribution in [0, 0.1) is 11.3 Å². The van der Waals surface area contributed by atoms with Gasteiger partial charge in [-0.05, 0) is 38.0 Å². The van der Waals surface area contributed by atoms with E-state index < -0.39 is 0 Å². The van der Waals surface area contributed by atoms with Gasteiger partial charge in [-0.1, -0.05) is 53.9 Å². The third-order valence-electron chi connectivity index (χ3n) is 3.09. The molecule has 0 aromatic rings. The van der Waals surface area contributed by atoms with Crippen LogP contribution in [0.25, 0.3) is 0 Å². The van der Waals surface area contributed by atoms with E-state index in [2.05, 4.69) is 48.5 Å². The predicted octanol–water partition coefficient (Wildman–Crippen LogP) is 5.37. The Morgan fingerprint density at radius 3 is 2.06 bits per heavy atom. The van der Waals surface area contributed by atoms with Crippen molar-refractivity contribution in [3.8, 4) is 0 Å². The van der Waals surface area contributed by atoms with Crippen LogP contribution < -0.4 is 0 Å². The smallest absolute Gasteiger partial charge is 0.0985 e. The Hall–Kier alpha value is -0.0800. The van der Waals surface area contributed by atoms with Crippen LogP contribution in [0.3, 0.4) is 0 Å². The van der Waals surface area contributed by atoms with E-state index in [0.29, 0.717) is 5.92 Å². The summed E-state index contributed by atoms with van der Waals surface area (Å²) in [6.45, 7) is 16.1. The summed E-state index contributed by atoms with van der Waals surface area (Å²) in [5.41, 5.74) is 0.0561. The van der Waals surface area contributed by atoms with Crippen molar-refractivity contribution >= 4 is 0 Å². The first-order valence-electron chi connectivity index (χ1n) is 7.51. The zero-order valence-corrected chi connectivity index (χ0v) is 13.6. The lowest BCUT2D eigenvalue weighted by Gasteiger charge is -2.31. The summed E-state index contributed by atoms with van der Waals surface area (Å²) < 4.78 is 0. The van der Waals surface area contributed by atoms with E-state index in [4.69, 9.17) is 9.78 Å². The van der Waals surface area contributed by atoms with E-state index in [-0.39, 0.29) is 11.0 Å². The molecular formula is C16H34O2. The monoisotopic (exact) mass is 258 g/mol. The molecule has 0 spiro atoms. The average Bonchev–Trinajstić information content (AvgIpc) is 2.19. The predicted molar refractivity (Wildman–Crippen MR) is 78.5 cm³/mol. The van der Waals surface area contributed by atoms with Gasteiger partial charge in [0.2, 0.25) is 0 Å². The summed E-state index contributed by atoms with van der Waals surface area (Å²) in [4.78, 5) is 11.1. The summed E-state index contributed by atoms with van der Waals surface area (Å²) in [7, 11) is 0. The molecule has 0 bridgehead atoms. The summed E-state index contributed by atoms with van der Waals surface area (Å²) >= 11 is 0. The molecule has 1 unspecified atom stereocenters. The molecule has 0 heterocycles. The zero-order valence-electron chi connectivity index (χ0n) is 13.6. The van der Waals surface area contributed by atoms with Crippen LogP contribution in [0.4, 0.5) is 0 Å². The molecule has 1 atom stereocenters. The van der Waals surface area contributed by atoms with Crippen LogP contribution in [-0.2, 0) is 9.78 Å². The number of hydrogen-bond acceptors (Lipinski definition) is 2. The van der Waals surface area contributed by atoms with Crippen molar-refractivity contribution in [2.45, 2.75) is 86.2 Å². The molecule has 2 nitrogen and oxygen atoms in total. The van der Waals surface area contributed by atoms with Gasteiger partial charge in [-0.2, -0.15) is 0 Å². The van der Waals surface area contributed by atoms with Crippen molar-refractivity contribution in [2.24, 2.45) is 11.3 Å². The van der Waals surface area contributed by atoms with Gasteiger partial charge in [-0.3, -0.25) is 0 Å². The summed E-state index contributed by atoms with van der Waals surface area (Å²) in [5, 5.41) is 0.